The summed E-state index contributed by atoms with van der Waals surface area (Å²) in [6, 6.07) is 40.4. The topological polar surface area (TPSA) is 55.4 Å². The summed E-state index contributed by atoms with van der Waals surface area (Å²) in [6.07, 6.45) is -2.59. The molecule has 0 spiro atoms. The Labute approximate surface area is 242 Å². The van der Waals surface area contributed by atoms with Crippen LogP contribution in [0.2, 0.25) is 0 Å². The first-order chi connectivity index (χ1) is 20.3. The maximum absolute atomic E-state index is 6.63. The van der Waals surface area contributed by atoms with Gasteiger partial charge in [-0.2, -0.15) is 0 Å². The van der Waals surface area contributed by atoms with Crippen LogP contribution in [0.3, 0.4) is 0 Å². The van der Waals surface area contributed by atoms with E-state index in [9.17, 15) is 0 Å². The highest BCUT2D eigenvalue weighted by molar-refractivity contribution is 5.16. The number of rotatable bonds is 14. The molecule has 4 aromatic carbocycles. The van der Waals surface area contributed by atoms with Crippen LogP contribution in [-0.2, 0) is 54.8 Å². The van der Waals surface area contributed by atoms with Crippen molar-refractivity contribution in [2.24, 2.45) is 0 Å². The number of benzene rings is 4. The van der Waals surface area contributed by atoms with Gasteiger partial charge in [-0.15, -0.1) is 0 Å². The Balaban J connectivity index is 1.38. The summed E-state index contributed by atoms with van der Waals surface area (Å²) in [4.78, 5) is 0. The quantitative estimate of drug-likeness (QED) is 0.182. The van der Waals surface area contributed by atoms with E-state index in [1.165, 1.54) is 0 Å². The van der Waals surface area contributed by atoms with E-state index in [1.54, 1.807) is 7.11 Å². The monoisotopic (exact) mass is 554 g/mol. The minimum absolute atomic E-state index is 0.310. The molecule has 5 rings (SSSR count). The smallest absolute Gasteiger partial charge is 0.186 e. The first-order valence-corrected chi connectivity index (χ1v) is 14.1. The summed E-state index contributed by atoms with van der Waals surface area (Å²) < 4.78 is 38.2. The number of methoxy groups -OCH3 is 1. The average molecular weight is 555 g/mol. The zero-order chi connectivity index (χ0) is 28.1. The van der Waals surface area contributed by atoms with Crippen LogP contribution in [-0.4, -0.2) is 44.4 Å². The maximum Gasteiger partial charge on any atom is 0.186 e. The van der Waals surface area contributed by atoms with Gasteiger partial charge >= 0.3 is 0 Å². The van der Waals surface area contributed by atoms with Crippen molar-refractivity contribution in [2.75, 3.05) is 13.7 Å². The van der Waals surface area contributed by atoms with Gasteiger partial charge in [0.1, 0.15) is 24.4 Å². The Morgan fingerprint density at radius 2 is 0.878 bits per heavy atom. The van der Waals surface area contributed by atoms with Crippen LogP contribution in [0.1, 0.15) is 22.3 Å². The molecule has 41 heavy (non-hydrogen) atoms. The maximum atomic E-state index is 6.63. The fourth-order valence-corrected chi connectivity index (χ4v) is 4.94. The molecule has 6 nitrogen and oxygen atoms in total. The summed E-state index contributed by atoms with van der Waals surface area (Å²) in [5.74, 6) is 0. The van der Waals surface area contributed by atoms with Crippen molar-refractivity contribution >= 4 is 0 Å². The molecule has 0 saturated carbocycles. The van der Waals surface area contributed by atoms with Gasteiger partial charge in [0, 0.05) is 7.11 Å². The van der Waals surface area contributed by atoms with Crippen LogP contribution >= 0.6 is 0 Å². The van der Waals surface area contributed by atoms with Crippen molar-refractivity contribution in [1.29, 1.82) is 0 Å². The van der Waals surface area contributed by atoms with Crippen molar-refractivity contribution in [3.63, 3.8) is 0 Å². The molecule has 0 N–H and O–H groups in total. The lowest BCUT2D eigenvalue weighted by Gasteiger charge is -2.45. The molecule has 4 aromatic rings. The van der Waals surface area contributed by atoms with Gasteiger partial charge in [-0.1, -0.05) is 121 Å². The summed E-state index contributed by atoms with van der Waals surface area (Å²) >= 11 is 0. The molecule has 0 amide bonds. The number of ether oxygens (including phenoxy) is 6. The molecular weight excluding hydrogens is 516 g/mol. The second-order valence-corrected chi connectivity index (χ2v) is 10.1. The van der Waals surface area contributed by atoms with Crippen LogP contribution in [0.25, 0.3) is 0 Å². The lowest BCUT2D eigenvalue weighted by Crippen LogP contribution is -2.61. The summed E-state index contributed by atoms with van der Waals surface area (Å²) in [5.41, 5.74) is 4.27. The predicted octanol–water partition coefficient (Wildman–Crippen LogP) is 6.33. The van der Waals surface area contributed by atoms with Gasteiger partial charge in [-0.25, -0.2) is 0 Å². The Morgan fingerprint density at radius 1 is 0.488 bits per heavy atom. The highest BCUT2D eigenvalue weighted by Crippen LogP contribution is 2.31. The van der Waals surface area contributed by atoms with Crippen LogP contribution in [0.4, 0.5) is 0 Å². The fourth-order valence-electron chi connectivity index (χ4n) is 4.94. The standard InChI is InChI=1S/C35H38O6/c1-36-35-34(40-25-30-20-12-5-13-21-30)33(39-24-29-18-10-4-11-19-29)32(38-23-28-16-8-3-9-17-28)31(41-35)26-37-22-27-14-6-2-7-15-27/h2-21,31-35H,22-26H2,1H3/t31-,32-,33-,34-,35+/m1/s1. The van der Waals surface area contributed by atoms with E-state index in [4.69, 9.17) is 28.4 Å². The van der Waals surface area contributed by atoms with E-state index >= 15 is 0 Å². The Morgan fingerprint density at radius 3 is 1.32 bits per heavy atom. The van der Waals surface area contributed by atoms with E-state index in [0.29, 0.717) is 33.0 Å². The second kappa shape index (κ2) is 15.6. The van der Waals surface area contributed by atoms with Gasteiger partial charge in [-0.3, -0.25) is 0 Å². The van der Waals surface area contributed by atoms with Crippen LogP contribution in [0.15, 0.2) is 121 Å². The van der Waals surface area contributed by atoms with Crippen molar-refractivity contribution < 1.29 is 28.4 Å². The van der Waals surface area contributed by atoms with E-state index < -0.39 is 30.7 Å². The van der Waals surface area contributed by atoms with Crippen molar-refractivity contribution in [1.82, 2.24) is 0 Å². The predicted molar refractivity (Wildman–Crippen MR) is 157 cm³/mol. The third kappa shape index (κ3) is 8.57. The van der Waals surface area contributed by atoms with Gasteiger partial charge in [0.2, 0.25) is 0 Å². The highest BCUT2D eigenvalue weighted by atomic mass is 16.7. The van der Waals surface area contributed by atoms with Gasteiger partial charge in [0.05, 0.1) is 33.0 Å². The van der Waals surface area contributed by atoms with Gasteiger partial charge in [-0.05, 0) is 22.3 Å². The molecule has 0 aromatic heterocycles. The molecule has 1 saturated heterocycles. The first kappa shape index (κ1) is 29.1. The minimum Gasteiger partial charge on any atom is -0.374 e. The minimum atomic E-state index is -0.665. The molecule has 0 radical (unpaired) electrons. The van der Waals surface area contributed by atoms with Gasteiger partial charge in [0.15, 0.2) is 6.29 Å². The highest BCUT2D eigenvalue weighted by Gasteiger charge is 2.48. The average Bonchev–Trinajstić information content (AvgIpc) is 3.04. The SMILES string of the molecule is CO[C@H]1O[C@H](COCc2ccccc2)[C@@H](OCc2ccccc2)[C@@H](OCc2ccccc2)[C@H]1OCc1ccccc1. The van der Waals surface area contributed by atoms with Crippen LogP contribution in [0.5, 0.6) is 0 Å². The molecule has 0 aliphatic carbocycles. The lowest BCUT2D eigenvalue weighted by molar-refractivity contribution is -0.323. The molecule has 1 aliphatic rings. The molecule has 6 heteroatoms. The summed E-state index contributed by atoms with van der Waals surface area (Å²) in [5, 5.41) is 0. The largest absolute Gasteiger partial charge is 0.374 e. The van der Waals surface area contributed by atoms with E-state index in [2.05, 4.69) is 0 Å². The molecule has 214 valence electrons. The molecule has 0 bridgehead atoms. The molecule has 1 aliphatic heterocycles. The summed E-state index contributed by atoms with van der Waals surface area (Å²) in [6.45, 7) is 1.97. The fraction of sp³-hybridized carbons (Fsp3) is 0.314. The van der Waals surface area contributed by atoms with Crippen LogP contribution in [0, 0.1) is 0 Å². The Bertz CT molecular complexity index is 1260. The number of hydrogen-bond donors (Lipinski definition) is 0. The van der Waals surface area contributed by atoms with E-state index in [1.807, 2.05) is 121 Å². The summed E-state index contributed by atoms with van der Waals surface area (Å²) in [7, 11) is 1.63. The molecule has 5 atom stereocenters. The van der Waals surface area contributed by atoms with Crippen LogP contribution < -0.4 is 0 Å². The Hall–Kier alpha value is -3.36. The second-order valence-electron chi connectivity index (χ2n) is 10.1. The molecule has 0 unspecified atom stereocenters. The first-order valence-electron chi connectivity index (χ1n) is 14.1. The molecule has 1 fully saturated rings. The van der Waals surface area contributed by atoms with Crippen molar-refractivity contribution in [3.05, 3.63) is 144 Å². The van der Waals surface area contributed by atoms with Crippen molar-refractivity contribution in [2.45, 2.75) is 57.1 Å². The normalized spacial score (nSPS) is 22.4. The molecular formula is C35H38O6. The lowest BCUT2D eigenvalue weighted by atomic mass is 9.97. The Kier molecular flexibility index (Phi) is 11.1. The zero-order valence-electron chi connectivity index (χ0n) is 23.4. The van der Waals surface area contributed by atoms with Gasteiger partial charge < -0.3 is 28.4 Å². The van der Waals surface area contributed by atoms with Gasteiger partial charge in [0.25, 0.3) is 0 Å². The third-order valence-electron chi connectivity index (χ3n) is 7.07. The third-order valence-corrected chi connectivity index (χ3v) is 7.07. The molecule has 1 heterocycles. The van der Waals surface area contributed by atoms with E-state index in [-0.39, 0.29) is 0 Å². The van der Waals surface area contributed by atoms with E-state index in [0.717, 1.165) is 22.3 Å². The number of hydrogen-bond acceptors (Lipinski definition) is 6. The van der Waals surface area contributed by atoms with Crippen molar-refractivity contribution in [3.8, 4) is 0 Å². The zero-order valence-corrected chi connectivity index (χ0v) is 23.4.